The summed E-state index contributed by atoms with van der Waals surface area (Å²) in [6, 6.07) is 8.46. The average Bonchev–Trinajstić information content (AvgIpc) is 3.13. The van der Waals surface area contributed by atoms with Crippen LogP contribution >= 0.6 is 11.6 Å². The van der Waals surface area contributed by atoms with E-state index in [1.54, 1.807) is 0 Å². The van der Waals surface area contributed by atoms with Crippen molar-refractivity contribution in [3.05, 3.63) is 97.3 Å². The summed E-state index contributed by atoms with van der Waals surface area (Å²) >= 11 is 6.15. The number of hydrogen-bond donors (Lipinski definition) is 1. The molecule has 1 atom stereocenters. The van der Waals surface area contributed by atoms with Gasteiger partial charge in [0.15, 0.2) is 12.5 Å². The lowest BCUT2D eigenvalue weighted by Crippen LogP contribution is -2.31. The molecule has 194 valence electrons. The van der Waals surface area contributed by atoms with Crippen molar-refractivity contribution in [2.24, 2.45) is 0 Å². The smallest absolute Gasteiger partial charge is 0.345 e. The maximum Gasteiger partial charge on any atom is 0.345 e. The Morgan fingerprint density at radius 2 is 1.84 bits per heavy atom. The van der Waals surface area contributed by atoms with Crippen molar-refractivity contribution in [3.8, 4) is 5.75 Å². The Labute approximate surface area is 212 Å². The van der Waals surface area contributed by atoms with E-state index < -0.39 is 39.1 Å². The molecule has 4 rings (SSSR count). The lowest BCUT2D eigenvalue weighted by molar-refractivity contribution is -0.118. The van der Waals surface area contributed by atoms with E-state index in [9.17, 15) is 36.7 Å². The largest absolute Gasteiger partial charge is 0.487 e. The van der Waals surface area contributed by atoms with Crippen molar-refractivity contribution in [1.29, 1.82) is 0 Å². The molecule has 10 nitrogen and oxygen atoms in total. The fourth-order valence-electron chi connectivity index (χ4n) is 3.73. The van der Waals surface area contributed by atoms with Crippen LogP contribution in [0.3, 0.4) is 0 Å². The predicted molar refractivity (Wildman–Crippen MR) is 129 cm³/mol. The zero-order valence-electron chi connectivity index (χ0n) is 19.0. The van der Waals surface area contributed by atoms with Crippen LogP contribution in [-0.2, 0) is 28.0 Å². The van der Waals surface area contributed by atoms with Gasteiger partial charge in [0.05, 0.1) is 23.8 Å². The summed E-state index contributed by atoms with van der Waals surface area (Å²) in [5.41, 5.74) is -1.46. The zero-order chi connectivity index (χ0) is 27.1. The van der Waals surface area contributed by atoms with Crippen molar-refractivity contribution < 1.29 is 31.8 Å². The fourth-order valence-corrected chi connectivity index (χ4v) is 4.84. The first kappa shape index (κ1) is 26.3. The van der Waals surface area contributed by atoms with Gasteiger partial charge in [-0.05, 0) is 35.9 Å². The van der Waals surface area contributed by atoms with Crippen LogP contribution in [0.5, 0.6) is 5.75 Å². The highest BCUT2D eigenvalue weighted by atomic mass is 35.5. The first-order valence-corrected chi connectivity index (χ1v) is 12.7. The van der Waals surface area contributed by atoms with Crippen LogP contribution in [0.2, 0.25) is 5.02 Å². The number of pyridine rings is 1. The molecule has 14 heteroatoms. The third-order valence-corrected chi connectivity index (χ3v) is 6.80. The predicted octanol–water partition coefficient (Wildman–Crippen LogP) is 2.02. The van der Waals surface area contributed by atoms with Gasteiger partial charge in [-0.15, -0.1) is 0 Å². The number of halogens is 3. The van der Waals surface area contributed by atoms with Crippen molar-refractivity contribution in [2.45, 2.75) is 19.4 Å². The summed E-state index contributed by atoms with van der Waals surface area (Å²) in [4.78, 5) is 36.6. The molecule has 0 saturated carbocycles. The Balaban J connectivity index is 1.67. The van der Waals surface area contributed by atoms with E-state index in [4.69, 9.17) is 16.3 Å². The van der Waals surface area contributed by atoms with E-state index in [1.807, 2.05) is 0 Å². The summed E-state index contributed by atoms with van der Waals surface area (Å²) in [5, 5.41) is 9.70. The van der Waals surface area contributed by atoms with Crippen molar-refractivity contribution in [2.75, 3.05) is 6.26 Å². The molecule has 2 aromatic heterocycles. The van der Waals surface area contributed by atoms with Gasteiger partial charge in [0, 0.05) is 17.8 Å². The number of fused-ring (bicyclic) bond motifs is 1. The van der Waals surface area contributed by atoms with E-state index in [0.29, 0.717) is 20.2 Å². The number of aromatic nitrogens is 3. The quantitative estimate of drug-likeness (QED) is 0.330. The molecular weight excluding hydrogens is 536 g/mol. The topological polar surface area (TPSA) is 130 Å². The highest BCUT2D eigenvalue weighted by Gasteiger charge is 2.23. The van der Waals surface area contributed by atoms with Crippen LogP contribution in [0, 0.1) is 11.6 Å². The first-order chi connectivity index (χ1) is 17.4. The second kappa shape index (κ2) is 9.92. The van der Waals surface area contributed by atoms with Crippen LogP contribution in [0.25, 0.3) is 11.0 Å². The van der Waals surface area contributed by atoms with E-state index in [1.165, 1.54) is 41.1 Å². The molecule has 0 aliphatic rings. The Bertz CT molecular complexity index is 1760. The van der Waals surface area contributed by atoms with Crippen LogP contribution in [0.15, 0.2) is 58.3 Å². The van der Waals surface area contributed by atoms with Crippen LogP contribution in [0.4, 0.5) is 8.78 Å². The van der Waals surface area contributed by atoms with Crippen LogP contribution in [0.1, 0.15) is 17.4 Å². The Morgan fingerprint density at radius 1 is 1.11 bits per heavy atom. The summed E-state index contributed by atoms with van der Waals surface area (Å²) in [5.74, 6) is -1.59. The number of nitrogens with zero attached hydrogens (tertiary/aromatic N) is 3. The molecule has 0 aliphatic carbocycles. The van der Waals surface area contributed by atoms with Gasteiger partial charge in [-0.3, -0.25) is 14.2 Å². The number of benzene rings is 2. The average molecular weight is 554 g/mol. The molecule has 2 aromatic carbocycles. The summed E-state index contributed by atoms with van der Waals surface area (Å²) < 4.78 is 58.9. The number of aldehydes is 1. The van der Waals surface area contributed by atoms with E-state index in [0.717, 1.165) is 12.3 Å². The number of carbonyl (C=O) groups excluding carboxylic acids is 1. The van der Waals surface area contributed by atoms with Gasteiger partial charge in [-0.2, -0.15) is 3.97 Å². The second-order valence-corrected chi connectivity index (χ2v) is 10.2. The number of ether oxygens (including phenoxy) is 1. The molecule has 0 saturated heterocycles. The highest BCUT2D eigenvalue weighted by Crippen LogP contribution is 2.23. The van der Waals surface area contributed by atoms with Gasteiger partial charge in [-0.1, -0.05) is 17.7 Å². The molecular formula is C23H18ClF2N3O7S. The Hall–Kier alpha value is -3.81. The maximum atomic E-state index is 13.8. The number of imidazole rings is 1. The normalized spacial score (nSPS) is 12.6. The van der Waals surface area contributed by atoms with Crippen LogP contribution in [-0.4, -0.2) is 39.2 Å². The molecule has 2 heterocycles. The van der Waals surface area contributed by atoms with Gasteiger partial charge in [-0.25, -0.2) is 22.0 Å². The maximum absolute atomic E-state index is 13.8. The van der Waals surface area contributed by atoms with Crippen molar-refractivity contribution in [1.82, 2.24) is 13.1 Å². The number of rotatable bonds is 8. The van der Waals surface area contributed by atoms with Gasteiger partial charge in [0.1, 0.15) is 29.0 Å². The monoisotopic (exact) mass is 553 g/mol. The minimum Gasteiger partial charge on any atom is -0.487 e. The third-order valence-electron chi connectivity index (χ3n) is 5.44. The lowest BCUT2D eigenvalue weighted by atomic mass is 10.2. The lowest BCUT2D eigenvalue weighted by Gasteiger charge is -2.12. The van der Waals surface area contributed by atoms with Crippen LogP contribution < -0.4 is 16.0 Å². The molecule has 0 amide bonds. The number of carbonyl (C=O) groups is 1. The minimum atomic E-state index is -4.07. The fraction of sp³-hybridized carbons (Fsp3) is 0.174. The Morgan fingerprint density at radius 3 is 2.49 bits per heavy atom. The highest BCUT2D eigenvalue weighted by molar-refractivity contribution is 7.89. The third kappa shape index (κ3) is 5.05. The second-order valence-electron chi connectivity index (χ2n) is 8.00. The summed E-state index contributed by atoms with van der Waals surface area (Å²) in [6.07, 6.45) is 0.285. The number of aliphatic hydroxyl groups is 1. The molecule has 0 radical (unpaired) electrons. The van der Waals surface area contributed by atoms with Gasteiger partial charge < -0.3 is 14.4 Å². The van der Waals surface area contributed by atoms with Gasteiger partial charge >= 0.3 is 5.69 Å². The number of aliphatic hydroxyl groups excluding tert-OH is 1. The molecule has 0 aliphatic heterocycles. The SMILES string of the molecule is CS(=O)(=O)n1c(=O)n(C(O)C=O)c2cc(Cn3ccc(OCc4ccc(F)cc4F)c(Cl)c3=O)ccc21. The van der Waals surface area contributed by atoms with Crippen molar-refractivity contribution >= 4 is 38.9 Å². The molecule has 0 fully saturated rings. The molecule has 37 heavy (non-hydrogen) atoms. The van der Waals surface area contributed by atoms with Gasteiger partial charge in [0.2, 0.25) is 10.0 Å². The van der Waals surface area contributed by atoms with E-state index >= 15 is 0 Å². The molecule has 1 unspecified atom stereocenters. The molecule has 1 N–H and O–H groups in total. The van der Waals surface area contributed by atoms with E-state index in [2.05, 4.69) is 0 Å². The molecule has 0 spiro atoms. The first-order valence-electron chi connectivity index (χ1n) is 10.5. The standard InChI is InChI=1S/C23H18ClF2N3O7S/c1-37(34,35)29-17-5-2-13(8-18(17)28(23(29)33)20(31)11-30)10-27-7-6-19(21(24)22(27)32)36-12-14-3-4-15(25)9-16(14)26/h2-9,11,20,31H,10,12H2,1H3. The zero-order valence-corrected chi connectivity index (χ0v) is 20.5. The molecule has 0 bridgehead atoms. The van der Waals surface area contributed by atoms with E-state index in [-0.39, 0.29) is 46.8 Å². The van der Waals surface area contributed by atoms with Crippen molar-refractivity contribution in [3.63, 3.8) is 0 Å². The number of hydrogen-bond acceptors (Lipinski definition) is 7. The molecule has 4 aromatic rings. The summed E-state index contributed by atoms with van der Waals surface area (Å²) in [7, 11) is -4.07. The minimum absolute atomic E-state index is 0.0322. The summed E-state index contributed by atoms with van der Waals surface area (Å²) in [6.45, 7) is -0.392. The Kier molecular flexibility index (Phi) is 7.04. The van der Waals surface area contributed by atoms with Gasteiger partial charge in [0.25, 0.3) is 5.56 Å².